The monoisotopic (exact) mass is 267 g/mol. The fourth-order valence-electron chi connectivity index (χ4n) is 2.19. The summed E-state index contributed by atoms with van der Waals surface area (Å²) in [6, 6.07) is 2.39. The first-order valence-corrected chi connectivity index (χ1v) is 6.71. The van der Waals surface area contributed by atoms with Crippen LogP contribution in [0.2, 0.25) is 0 Å². The van der Waals surface area contributed by atoms with E-state index in [1.807, 2.05) is 4.57 Å². The van der Waals surface area contributed by atoms with Gasteiger partial charge in [-0.2, -0.15) is 0 Å². The Hall–Kier alpha value is -1.49. The number of hydrogen-bond acceptors (Lipinski definition) is 2. The largest absolute Gasteiger partial charge is 0.330 e. The van der Waals surface area contributed by atoms with E-state index in [1.165, 1.54) is 12.1 Å². The van der Waals surface area contributed by atoms with E-state index in [2.05, 4.69) is 11.9 Å². The predicted molar refractivity (Wildman–Crippen MR) is 71.9 cm³/mol. The molecule has 104 valence electrons. The second kappa shape index (κ2) is 6.10. The normalized spacial score (nSPS) is 11.4. The van der Waals surface area contributed by atoms with E-state index >= 15 is 0 Å². The molecule has 0 unspecified atom stereocenters. The van der Waals surface area contributed by atoms with Crippen molar-refractivity contribution in [1.29, 1.82) is 0 Å². The van der Waals surface area contributed by atoms with Crippen molar-refractivity contribution in [2.75, 3.05) is 6.54 Å². The van der Waals surface area contributed by atoms with Crippen molar-refractivity contribution in [1.82, 2.24) is 9.55 Å². The van der Waals surface area contributed by atoms with E-state index in [0.29, 0.717) is 24.1 Å². The van der Waals surface area contributed by atoms with Gasteiger partial charge in [0.2, 0.25) is 0 Å². The molecule has 2 aromatic rings. The Labute approximate surface area is 111 Å². The molecule has 1 aromatic heterocycles. The molecule has 2 N–H and O–H groups in total. The lowest BCUT2D eigenvalue weighted by Gasteiger charge is -2.08. The zero-order chi connectivity index (χ0) is 13.8. The van der Waals surface area contributed by atoms with Crippen LogP contribution in [0, 0.1) is 11.6 Å². The minimum absolute atomic E-state index is 0.516. The number of hydrogen-bond donors (Lipinski definition) is 1. The number of benzene rings is 1. The van der Waals surface area contributed by atoms with Gasteiger partial charge in [-0.25, -0.2) is 13.8 Å². The van der Waals surface area contributed by atoms with Crippen molar-refractivity contribution in [2.24, 2.45) is 5.73 Å². The van der Waals surface area contributed by atoms with Gasteiger partial charge in [0.05, 0.1) is 11.0 Å². The molecule has 0 atom stereocenters. The Bertz CT molecular complexity index is 563. The van der Waals surface area contributed by atoms with Crippen LogP contribution in [-0.4, -0.2) is 16.1 Å². The van der Waals surface area contributed by atoms with Crippen molar-refractivity contribution >= 4 is 11.0 Å². The molecule has 5 heteroatoms. The third-order valence-electron chi connectivity index (χ3n) is 3.21. The van der Waals surface area contributed by atoms with Crippen LogP contribution in [0.5, 0.6) is 0 Å². The summed E-state index contributed by atoms with van der Waals surface area (Å²) in [6.45, 7) is 3.36. The van der Waals surface area contributed by atoms with E-state index in [4.69, 9.17) is 5.73 Å². The third-order valence-corrected chi connectivity index (χ3v) is 3.21. The molecular weight excluding hydrogens is 248 g/mol. The summed E-state index contributed by atoms with van der Waals surface area (Å²) in [5, 5.41) is 0. The maximum atomic E-state index is 13.4. The molecule has 0 spiro atoms. The molecule has 0 saturated heterocycles. The minimum Gasteiger partial charge on any atom is -0.330 e. The highest BCUT2D eigenvalue weighted by molar-refractivity contribution is 5.76. The van der Waals surface area contributed by atoms with Crippen molar-refractivity contribution < 1.29 is 8.78 Å². The Morgan fingerprint density at radius 3 is 2.63 bits per heavy atom. The topological polar surface area (TPSA) is 43.8 Å². The molecule has 3 nitrogen and oxygen atoms in total. The molecule has 0 aliphatic carbocycles. The van der Waals surface area contributed by atoms with E-state index < -0.39 is 11.6 Å². The molecule has 0 bridgehead atoms. The van der Waals surface area contributed by atoms with Crippen molar-refractivity contribution in [3.05, 3.63) is 29.6 Å². The van der Waals surface area contributed by atoms with Gasteiger partial charge >= 0.3 is 0 Å². The first kappa shape index (κ1) is 13.9. The average molecular weight is 267 g/mol. The quantitative estimate of drug-likeness (QED) is 0.874. The number of unbranched alkanes of at least 4 members (excludes halogenated alkanes) is 1. The van der Waals surface area contributed by atoms with Gasteiger partial charge in [-0.05, 0) is 19.4 Å². The molecule has 19 heavy (non-hydrogen) atoms. The number of halogens is 2. The lowest BCUT2D eigenvalue weighted by atomic mass is 10.2. The maximum absolute atomic E-state index is 13.4. The molecule has 0 aliphatic heterocycles. The lowest BCUT2D eigenvalue weighted by molar-refractivity contribution is 0.510. The van der Waals surface area contributed by atoms with Crippen LogP contribution in [0.4, 0.5) is 8.78 Å². The lowest BCUT2D eigenvalue weighted by Crippen LogP contribution is -2.09. The summed E-state index contributed by atoms with van der Waals surface area (Å²) in [5.74, 6) is -0.795. The van der Waals surface area contributed by atoms with Gasteiger partial charge < -0.3 is 10.3 Å². The van der Waals surface area contributed by atoms with Crippen molar-refractivity contribution in [3.8, 4) is 0 Å². The standard InChI is InChI=1S/C14H19F2N3/c1-2-3-5-14-18-12-8-10(15)11(16)9-13(12)19(14)7-4-6-17/h8-9H,2-7,17H2,1H3. The molecular formula is C14H19F2N3. The number of nitrogens with two attached hydrogens (primary N) is 1. The Morgan fingerprint density at radius 1 is 1.21 bits per heavy atom. The third kappa shape index (κ3) is 2.92. The van der Waals surface area contributed by atoms with Gasteiger partial charge in [-0.3, -0.25) is 0 Å². The van der Waals surface area contributed by atoms with Crippen molar-refractivity contribution in [2.45, 2.75) is 39.2 Å². The van der Waals surface area contributed by atoms with Gasteiger partial charge in [-0.15, -0.1) is 0 Å². The number of nitrogens with zero attached hydrogens (tertiary/aromatic N) is 2. The predicted octanol–water partition coefficient (Wildman–Crippen LogP) is 3.01. The maximum Gasteiger partial charge on any atom is 0.161 e. The van der Waals surface area contributed by atoms with Crippen LogP contribution in [0.15, 0.2) is 12.1 Å². The second-order valence-electron chi connectivity index (χ2n) is 4.68. The van der Waals surface area contributed by atoms with E-state index in [-0.39, 0.29) is 0 Å². The highest BCUT2D eigenvalue weighted by Crippen LogP contribution is 2.21. The Morgan fingerprint density at radius 2 is 1.95 bits per heavy atom. The van der Waals surface area contributed by atoms with Crippen LogP contribution in [0.25, 0.3) is 11.0 Å². The van der Waals surface area contributed by atoms with Gasteiger partial charge in [0, 0.05) is 25.1 Å². The highest BCUT2D eigenvalue weighted by atomic mass is 19.2. The summed E-state index contributed by atoms with van der Waals surface area (Å²) in [6.07, 6.45) is 3.68. The van der Waals surface area contributed by atoms with Crippen LogP contribution in [-0.2, 0) is 13.0 Å². The minimum atomic E-state index is -0.849. The molecule has 0 aliphatic rings. The Balaban J connectivity index is 2.46. The molecule has 0 amide bonds. The SMILES string of the molecule is CCCCc1nc2cc(F)c(F)cc2n1CCCN. The molecule has 0 saturated carbocycles. The van der Waals surface area contributed by atoms with Gasteiger partial charge in [0.1, 0.15) is 5.82 Å². The van der Waals surface area contributed by atoms with Crippen LogP contribution in [0.1, 0.15) is 32.0 Å². The van der Waals surface area contributed by atoms with Crippen LogP contribution >= 0.6 is 0 Å². The zero-order valence-electron chi connectivity index (χ0n) is 11.1. The number of rotatable bonds is 6. The summed E-state index contributed by atoms with van der Waals surface area (Å²) in [7, 11) is 0. The molecule has 2 rings (SSSR count). The summed E-state index contributed by atoms with van der Waals surface area (Å²) in [5.41, 5.74) is 6.69. The first-order valence-electron chi connectivity index (χ1n) is 6.71. The van der Waals surface area contributed by atoms with E-state index in [9.17, 15) is 8.78 Å². The zero-order valence-corrected chi connectivity index (χ0v) is 11.1. The second-order valence-corrected chi connectivity index (χ2v) is 4.68. The van der Waals surface area contributed by atoms with E-state index in [1.54, 1.807) is 0 Å². The molecule has 1 heterocycles. The van der Waals surface area contributed by atoms with E-state index in [0.717, 1.165) is 31.5 Å². The molecule has 0 radical (unpaired) electrons. The summed E-state index contributed by atoms with van der Waals surface area (Å²) in [4.78, 5) is 4.42. The number of aryl methyl sites for hydroxylation is 2. The van der Waals surface area contributed by atoms with Crippen LogP contribution < -0.4 is 5.73 Å². The van der Waals surface area contributed by atoms with Gasteiger partial charge in [-0.1, -0.05) is 13.3 Å². The van der Waals surface area contributed by atoms with Gasteiger partial charge in [0.25, 0.3) is 0 Å². The fraction of sp³-hybridized carbons (Fsp3) is 0.500. The molecule has 0 fully saturated rings. The summed E-state index contributed by atoms with van der Waals surface area (Å²) < 4.78 is 28.6. The molecule has 1 aromatic carbocycles. The van der Waals surface area contributed by atoms with Gasteiger partial charge in [0.15, 0.2) is 11.6 Å². The number of fused-ring (bicyclic) bond motifs is 1. The Kier molecular flexibility index (Phi) is 4.47. The first-order chi connectivity index (χ1) is 9.17. The smallest absolute Gasteiger partial charge is 0.161 e. The average Bonchev–Trinajstić information content (AvgIpc) is 2.71. The number of imidazole rings is 1. The van der Waals surface area contributed by atoms with Crippen molar-refractivity contribution in [3.63, 3.8) is 0 Å². The highest BCUT2D eigenvalue weighted by Gasteiger charge is 2.13. The number of aromatic nitrogens is 2. The van der Waals surface area contributed by atoms with Crippen LogP contribution in [0.3, 0.4) is 0 Å². The summed E-state index contributed by atoms with van der Waals surface area (Å²) >= 11 is 0. The fourth-order valence-corrected chi connectivity index (χ4v) is 2.19.